The van der Waals surface area contributed by atoms with E-state index >= 15 is 0 Å². The third-order valence-corrected chi connectivity index (χ3v) is 7.06. The third kappa shape index (κ3) is 3.25. The van der Waals surface area contributed by atoms with Gasteiger partial charge in [-0.1, -0.05) is 0 Å². The van der Waals surface area contributed by atoms with E-state index in [0.29, 0.717) is 8.95 Å². The van der Waals surface area contributed by atoms with E-state index in [1.807, 2.05) is 4.72 Å². The number of carboxylic acids is 1. The summed E-state index contributed by atoms with van der Waals surface area (Å²) < 4.78 is 26.1. The first-order chi connectivity index (χ1) is 6.84. The van der Waals surface area contributed by atoms with Gasteiger partial charge in [-0.25, -0.2) is 8.42 Å². The van der Waals surface area contributed by atoms with E-state index < -0.39 is 22.5 Å². The lowest BCUT2D eigenvalue weighted by atomic mass is 10.7. The van der Waals surface area contributed by atoms with E-state index in [9.17, 15) is 13.2 Å². The zero-order chi connectivity index (χ0) is 11.6. The van der Waals surface area contributed by atoms with Gasteiger partial charge in [0.05, 0.1) is 4.47 Å². The molecule has 1 heterocycles. The Hall–Kier alpha value is 0.0400. The summed E-state index contributed by atoms with van der Waals surface area (Å²) in [6, 6.07) is 0. The Morgan fingerprint density at radius 3 is 2.53 bits per heavy atom. The van der Waals surface area contributed by atoms with Crippen LogP contribution in [0.15, 0.2) is 18.5 Å². The molecule has 1 aromatic rings. The van der Waals surface area contributed by atoms with Gasteiger partial charge in [0.1, 0.15) is 10.8 Å². The van der Waals surface area contributed by atoms with Gasteiger partial charge in [0.2, 0.25) is 0 Å². The first-order valence-electron chi connectivity index (χ1n) is 3.48. The number of sulfonamides is 1. The highest BCUT2D eigenvalue weighted by molar-refractivity contribution is 9.13. The summed E-state index contributed by atoms with van der Waals surface area (Å²) in [4.78, 5) is 10.2. The number of nitrogens with one attached hydrogen (secondary N) is 1. The lowest BCUT2D eigenvalue weighted by molar-refractivity contribution is -0.135. The predicted molar refractivity (Wildman–Crippen MR) is 62.5 cm³/mol. The van der Waals surface area contributed by atoms with Crippen LogP contribution in [0.5, 0.6) is 0 Å². The molecule has 0 aliphatic carbocycles. The number of rotatable bonds is 4. The highest BCUT2D eigenvalue weighted by Gasteiger charge is 2.21. The molecule has 84 valence electrons. The van der Waals surface area contributed by atoms with Crippen LogP contribution >= 0.6 is 43.2 Å². The molecule has 0 bridgehead atoms. The first-order valence-corrected chi connectivity index (χ1v) is 7.43. The number of thiophene rings is 1. The van der Waals surface area contributed by atoms with Gasteiger partial charge in [-0.05, 0) is 31.9 Å². The lowest BCUT2D eigenvalue weighted by Gasteiger charge is -2.02. The van der Waals surface area contributed by atoms with Crippen molar-refractivity contribution in [2.45, 2.75) is 4.21 Å². The van der Waals surface area contributed by atoms with Gasteiger partial charge in [0.25, 0.3) is 10.0 Å². The van der Waals surface area contributed by atoms with Gasteiger partial charge >= 0.3 is 5.97 Å². The van der Waals surface area contributed by atoms with Crippen LogP contribution in [0.1, 0.15) is 0 Å². The third-order valence-electron chi connectivity index (χ3n) is 1.32. The van der Waals surface area contributed by atoms with Gasteiger partial charge in [0, 0.05) is 9.85 Å². The lowest BCUT2D eigenvalue weighted by Crippen LogP contribution is -2.29. The van der Waals surface area contributed by atoms with Crippen molar-refractivity contribution in [3.8, 4) is 0 Å². The van der Waals surface area contributed by atoms with Crippen molar-refractivity contribution in [2.75, 3.05) is 6.54 Å². The van der Waals surface area contributed by atoms with Crippen LogP contribution in [-0.2, 0) is 14.8 Å². The SMILES string of the molecule is O=C(O)CNS(=O)(=O)c1scc(Br)c1Br. The van der Waals surface area contributed by atoms with E-state index in [1.165, 1.54) is 0 Å². The fraction of sp³-hybridized carbons (Fsp3) is 0.167. The Kier molecular flexibility index (Phi) is 4.29. The molecule has 0 radical (unpaired) electrons. The molecule has 0 saturated heterocycles. The van der Waals surface area contributed by atoms with Crippen LogP contribution in [0.2, 0.25) is 0 Å². The minimum Gasteiger partial charge on any atom is -0.480 e. The van der Waals surface area contributed by atoms with Crippen LogP contribution in [0.3, 0.4) is 0 Å². The zero-order valence-electron chi connectivity index (χ0n) is 7.03. The number of halogens is 2. The maximum atomic E-state index is 11.6. The molecular formula is C6H5Br2NO4S2. The summed E-state index contributed by atoms with van der Waals surface area (Å²) in [6.07, 6.45) is 0. The van der Waals surface area contributed by atoms with Gasteiger partial charge in [-0.2, -0.15) is 4.72 Å². The molecule has 0 amide bonds. The highest BCUT2D eigenvalue weighted by Crippen LogP contribution is 2.35. The molecule has 0 saturated carbocycles. The standard InChI is InChI=1S/C6H5Br2NO4S2/c7-3-2-14-6(5(3)8)15(12,13)9-1-4(10)11/h2,9H,1H2,(H,10,11). The van der Waals surface area contributed by atoms with Crippen molar-refractivity contribution in [1.82, 2.24) is 4.72 Å². The molecule has 5 nitrogen and oxygen atoms in total. The summed E-state index contributed by atoms with van der Waals surface area (Å²) in [5, 5.41) is 9.95. The Labute approximate surface area is 107 Å². The quantitative estimate of drug-likeness (QED) is 0.834. The topological polar surface area (TPSA) is 83.5 Å². The van der Waals surface area contributed by atoms with E-state index in [4.69, 9.17) is 5.11 Å². The predicted octanol–water partition coefficient (Wildman–Crippen LogP) is 1.64. The smallest absolute Gasteiger partial charge is 0.318 e. The summed E-state index contributed by atoms with van der Waals surface area (Å²) >= 11 is 7.23. The number of hydrogen-bond acceptors (Lipinski definition) is 4. The van der Waals surface area contributed by atoms with E-state index in [0.717, 1.165) is 11.3 Å². The largest absolute Gasteiger partial charge is 0.480 e. The number of aliphatic carboxylic acids is 1. The molecule has 0 aliphatic rings. The number of carbonyl (C=O) groups is 1. The minimum absolute atomic E-state index is 0.0515. The van der Waals surface area contributed by atoms with Crippen molar-refractivity contribution in [3.05, 3.63) is 14.3 Å². The molecule has 1 aromatic heterocycles. The molecule has 2 N–H and O–H groups in total. The molecule has 0 unspecified atom stereocenters. The Morgan fingerprint density at radius 1 is 1.53 bits per heavy atom. The van der Waals surface area contributed by atoms with Crippen molar-refractivity contribution in [1.29, 1.82) is 0 Å². The molecule has 1 rings (SSSR count). The molecule has 0 fully saturated rings. The van der Waals surface area contributed by atoms with E-state index in [-0.39, 0.29) is 4.21 Å². The van der Waals surface area contributed by atoms with Crippen LogP contribution in [0.4, 0.5) is 0 Å². The molecule has 15 heavy (non-hydrogen) atoms. The summed E-state index contributed by atoms with van der Waals surface area (Å²) in [5.41, 5.74) is 0. The van der Waals surface area contributed by atoms with Gasteiger partial charge in [0.15, 0.2) is 0 Å². The molecule has 0 aromatic carbocycles. The Bertz CT molecular complexity index is 481. The van der Waals surface area contributed by atoms with Crippen LogP contribution in [-0.4, -0.2) is 26.0 Å². The van der Waals surface area contributed by atoms with E-state index in [2.05, 4.69) is 31.9 Å². The Balaban J connectivity index is 2.97. The first kappa shape index (κ1) is 13.1. The molecule has 0 spiro atoms. The average Bonchev–Trinajstić information content (AvgIpc) is 2.45. The maximum Gasteiger partial charge on any atom is 0.318 e. The minimum atomic E-state index is -3.75. The average molecular weight is 379 g/mol. The second-order valence-corrected chi connectivity index (χ2v) is 6.89. The summed E-state index contributed by atoms with van der Waals surface area (Å²) in [6.45, 7) is -0.635. The number of carboxylic acid groups (broad SMARTS) is 1. The molecule has 0 atom stereocenters. The number of hydrogen-bond donors (Lipinski definition) is 2. The van der Waals surface area contributed by atoms with Crippen molar-refractivity contribution in [2.24, 2.45) is 0 Å². The van der Waals surface area contributed by atoms with Gasteiger partial charge in [-0.3, -0.25) is 4.79 Å². The molecule has 9 heteroatoms. The maximum absolute atomic E-state index is 11.6. The fourth-order valence-corrected chi connectivity index (χ4v) is 4.80. The zero-order valence-corrected chi connectivity index (χ0v) is 11.8. The van der Waals surface area contributed by atoms with Gasteiger partial charge < -0.3 is 5.11 Å². The normalized spacial score (nSPS) is 11.6. The van der Waals surface area contributed by atoms with Crippen molar-refractivity contribution < 1.29 is 18.3 Å². The second kappa shape index (κ2) is 4.91. The second-order valence-electron chi connectivity index (χ2n) is 2.40. The summed E-state index contributed by atoms with van der Waals surface area (Å²) in [7, 11) is -3.75. The Morgan fingerprint density at radius 2 is 2.13 bits per heavy atom. The molecule has 0 aliphatic heterocycles. The summed E-state index contributed by atoms with van der Waals surface area (Å²) in [5.74, 6) is -1.23. The van der Waals surface area contributed by atoms with Crippen LogP contribution < -0.4 is 4.72 Å². The monoisotopic (exact) mass is 377 g/mol. The van der Waals surface area contributed by atoms with Crippen LogP contribution in [0, 0.1) is 0 Å². The highest BCUT2D eigenvalue weighted by atomic mass is 79.9. The molecular weight excluding hydrogens is 374 g/mol. The van der Waals surface area contributed by atoms with Crippen molar-refractivity contribution in [3.63, 3.8) is 0 Å². The van der Waals surface area contributed by atoms with E-state index in [1.54, 1.807) is 5.38 Å². The van der Waals surface area contributed by atoms with Crippen LogP contribution in [0.25, 0.3) is 0 Å². The van der Waals surface area contributed by atoms with Crippen molar-refractivity contribution >= 4 is 59.2 Å². The fourth-order valence-electron chi connectivity index (χ4n) is 0.710. The van der Waals surface area contributed by atoms with Gasteiger partial charge in [-0.15, -0.1) is 11.3 Å².